The summed E-state index contributed by atoms with van der Waals surface area (Å²) in [4.78, 5) is 79.5. The van der Waals surface area contributed by atoms with Gasteiger partial charge in [0.25, 0.3) is 5.76 Å². The number of aliphatic hydroxyl groups is 4. The van der Waals surface area contributed by atoms with Crippen molar-refractivity contribution in [3.05, 3.63) is 87.9 Å². The number of ether oxygens (including phenoxy) is 7. The van der Waals surface area contributed by atoms with Crippen LogP contribution in [0.2, 0.25) is 0 Å². The first-order valence-electron chi connectivity index (χ1n) is 21.7. The van der Waals surface area contributed by atoms with E-state index in [4.69, 9.17) is 38.3 Å². The van der Waals surface area contributed by atoms with Gasteiger partial charge < -0.3 is 130 Å². The minimum Gasteiger partial charge on any atom is -0.504 e. The summed E-state index contributed by atoms with van der Waals surface area (Å²) >= 11 is 0. The van der Waals surface area contributed by atoms with Gasteiger partial charge in [0.15, 0.2) is 80.8 Å². The number of cyclic esters (lactones) is 1. The molecule has 0 saturated carbocycles. The minimum atomic E-state index is -2.40. The number of carbonyl (C=O) groups is 6. The number of rotatable bonds is 7. The van der Waals surface area contributed by atoms with Gasteiger partial charge in [0, 0.05) is 11.1 Å². The Morgan fingerprint density at radius 1 is 0.468 bits per heavy atom. The van der Waals surface area contributed by atoms with Crippen LogP contribution in [0.25, 0.3) is 11.1 Å². The minimum absolute atomic E-state index is 0.366. The molecule has 1 saturated heterocycles. The van der Waals surface area contributed by atoms with E-state index in [1.54, 1.807) is 0 Å². The summed E-state index contributed by atoms with van der Waals surface area (Å²) in [6.07, 6.45) is -12.6. The highest BCUT2D eigenvalue weighted by molar-refractivity contribution is 6.09. The van der Waals surface area contributed by atoms with Crippen LogP contribution in [0.1, 0.15) is 51.8 Å². The third-order valence-corrected chi connectivity index (χ3v) is 11.5. The fraction of sp³-hybridized carbons (Fsp3) is 0.191. The second-order valence-electron chi connectivity index (χ2n) is 16.6. The fourth-order valence-corrected chi connectivity index (χ4v) is 7.44. The molecule has 0 spiro atoms. The molecule has 5 aromatic carbocycles. The molecule has 32 nitrogen and oxygen atoms in total. The molecule has 5 aromatic rings. The molecule has 32 heteroatoms. The van der Waals surface area contributed by atoms with Crippen LogP contribution in [0, 0.1) is 0 Å². The lowest BCUT2D eigenvalue weighted by Crippen LogP contribution is -2.59. The number of phenolic OH excluding ortho intramolecular Hbond substituents is 15. The molecule has 8 rings (SSSR count). The zero-order valence-electron chi connectivity index (χ0n) is 38.9. The summed E-state index contributed by atoms with van der Waals surface area (Å²) in [5, 5.41) is 188. The Bertz CT molecular complexity index is 3330. The van der Waals surface area contributed by atoms with Crippen molar-refractivity contribution in [3.8, 4) is 97.4 Å². The van der Waals surface area contributed by atoms with E-state index < -0.39 is 223 Å². The zero-order chi connectivity index (χ0) is 58.4. The summed E-state index contributed by atoms with van der Waals surface area (Å²) in [5.41, 5.74) is -5.93. The van der Waals surface area contributed by atoms with Crippen molar-refractivity contribution in [2.75, 3.05) is 13.2 Å². The highest BCUT2D eigenvalue weighted by atomic mass is 16.7. The lowest BCUT2D eigenvalue weighted by atomic mass is 9.92. The van der Waals surface area contributed by atoms with E-state index in [1.807, 2.05) is 0 Å². The molecule has 418 valence electrons. The average Bonchev–Trinajstić information content (AvgIpc) is 3.53. The monoisotopic (exact) mass is 1110 g/mol. The quantitative estimate of drug-likeness (QED) is 0.0535. The van der Waals surface area contributed by atoms with Crippen LogP contribution in [0.5, 0.6) is 86.2 Å². The van der Waals surface area contributed by atoms with Gasteiger partial charge in [-0.3, -0.25) is 0 Å². The van der Waals surface area contributed by atoms with Crippen molar-refractivity contribution < 1.29 is 159 Å². The molecule has 0 radical (unpaired) electrons. The maximum Gasteiger partial charge on any atom is 0.378 e. The first-order chi connectivity index (χ1) is 37.1. The molecule has 3 aliphatic rings. The van der Waals surface area contributed by atoms with Gasteiger partial charge in [-0.1, -0.05) is 0 Å². The van der Waals surface area contributed by atoms with Gasteiger partial charge in [0.2, 0.25) is 29.7 Å². The Morgan fingerprint density at radius 2 is 0.873 bits per heavy atom. The van der Waals surface area contributed by atoms with E-state index >= 15 is 0 Å². The van der Waals surface area contributed by atoms with E-state index in [1.165, 1.54) is 0 Å². The van der Waals surface area contributed by atoms with Gasteiger partial charge in [-0.05, 0) is 48.5 Å². The Morgan fingerprint density at radius 3 is 1.32 bits per heavy atom. The summed E-state index contributed by atoms with van der Waals surface area (Å²) in [6.45, 7) is -1.88. The number of fused-ring (bicyclic) bond motifs is 4. The summed E-state index contributed by atoms with van der Waals surface area (Å²) in [5.74, 6) is -28.8. The van der Waals surface area contributed by atoms with Crippen molar-refractivity contribution >= 4 is 35.8 Å². The molecular weight excluding hydrogens is 1080 g/mol. The molecular formula is C47H38O32. The van der Waals surface area contributed by atoms with Crippen LogP contribution in [-0.4, -0.2) is 189 Å². The van der Waals surface area contributed by atoms with Crippen LogP contribution in [0.3, 0.4) is 0 Å². The van der Waals surface area contributed by atoms with E-state index in [0.29, 0.717) is 36.4 Å². The van der Waals surface area contributed by atoms with Crippen molar-refractivity contribution in [3.63, 3.8) is 0 Å². The third kappa shape index (κ3) is 10.7. The van der Waals surface area contributed by atoms with Gasteiger partial charge in [-0.15, -0.1) is 0 Å². The molecule has 0 aromatic heterocycles. The second kappa shape index (κ2) is 21.6. The fourth-order valence-electron chi connectivity index (χ4n) is 7.44. The molecule has 7 atom stereocenters. The van der Waals surface area contributed by atoms with E-state index in [2.05, 4.69) is 0 Å². The maximum absolute atomic E-state index is 14.0. The Labute approximate surface area is 435 Å². The van der Waals surface area contributed by atoms with Crippen molar-refractivity contribution in [2.24, 2.45) is 0 Å². The summed E-state index contributed by atoms with van der Waals surface area (Å²) in [7, 11) is 0. The van der Waals surface area contributed by atoms with Gasteiger partial charge >= 0.3 is 35.8 Å². The van der Waals surface area contributed by atoms with Crippen LogP contribution in [0.15, 0.2) is 60.0 Å². The predicted octanol–water partition coefficient (Wildman–Crippen LogP) is -0.872. The number of hydrogen-bond donors (Lipinski definition) is 19. The smallest absolute Gasteiger partial charge is 0.378 e. The highest BCUT2D eigenvalue weighted by Gasteiger charge is 2.48. The van der Waals surface area contributed by atoms with Crippen LogP contribution in [-0.2, 0) is 38.0 Å². The van der Waals surface area contributed by atoms with Crippen molar-refractivity contribution in [1.29, 1.82) is 0 Å². The SMILES string of the molecule is O=C(O[C@@H]1OC(CO)[C@@H](O)[C@H](O)C1O)c1cc(O)c(O)c(O)c1.O=C1OC2COC(=O)c3cc(O)c(O)c(O)c3-c3c(cc(O)c(O)c3O)C(=O)OC2C(OC(=O)c2cc(O)c(O)c(O)c2)=C1OC(=O)c1cc(O)c(O)c(O)c1. The molecule has 1 fully saturated rings. The number of esters is 6. The number of phenols is 15. The Hall–Kier alpha value is -10.5. The molecule has 79 heavy (non-hydrogen) atoms. The molecule has 4 unspecified atom stereocenters. The van der Waals surface area contributed by atoms with Gasteiger partial charge in [-0.2, -0.15) is 0 Å². The highest BCUT2D eigenvalue weighted by Crippen LogP contribution is 2.53. The maximum atomic E-state index is 14.0. The first-order valence-corrected chi connectivity index (χ1v) is 21.7. The number of carbonyl (C=O) groups excluding carboxylic acids is 6. The predicted molar refractivity (Wildman–Crippen MR) is 243 cm³/mol. The molecule has 3 aliphatic heterocycles. The third-order valence-electron chi connectivity index (χ3n) is 11.5. The van der Waals surface area contributed by atoms with Crippen LogP contribution >= 0.6 is 0 Å². The average molecular weight is 1110 g/mol. The van der Waals surface area contributed by atoms with E-state index in [9.17, 15) is 121 Å². The van der Waals surface area contributed by atoms with E-state index in [0.717, 1.165) is 12.1 Å². The lowest BCUT2D eigenvalue weighted by Gasteiger charge is -2.39. The topological polar surface area (TPSA) is 551 Å². The van der Waals surface area contributed by atoms with Gasteiger partial charge in [0.05, 0.1) is 34.4 Å². The number of benzene rings is 5. The molecule has 19 N–H and O–H groups in total. The largest absolute Gasteiger partial charge is 0.504 e. The van der Waals surface area contributed by atoms with Crippen molar-refractivity contribution in [2.45, 2.75) is 42.9 Å². The number of aliphatic hydroxyl groups excluding tert-OH is 4. The Kier molecular flexibility index (Phi) is 15.4. The molecule has 3 heterocycles. The van der Waals surface area contributed by atoms with Gasteiger partial charge in [0.1, 0.15) is 31.0 Å². The van der Waals surface area contributed by atoms with Crippen molar-refractivity contribution in [1.82, 2.24) is 0 Å². The normalized spacial score (nSPS) is 20.7. The molecule has 0 aliphatic carbocycles. The van der Waals surface area contributed by atoms with Crippen LogP contribution in [0.4, 0.5) is 0 Å². The zero-order valence-corrected chi connectivity index (χ0v) is 38.9. The van der Waals surface area contributed by atoms with Crippen LogP contribution < -0.4 is 0 Å². The molecule has 0 bridgehead atoms. The number of aromatic hydroxyl groups is 15. The number of hydrogen-bond acceptors (Lipinski definition) is 32. The lowest BCUT2D eigenvalue weighted by molar-refractivity contribution is -0.285. The van der Waals surface area contributed by atoms with Gasteiger partial charge in [-0.25, -0.2) is 28.8 Å². The van der Waals surface area contributed by atoms with E-state index in [-0.39, 0.29) is 5.56 Å². The molecule has 0 amide bonds. The second-order valence-corrected chi connectivity index (χ2v) is 16.6. The first kappa shape index (κ1) is 56.2. The standard InChI is InChI=1S/C34H22O22.C13H16O10/c35-12-1-8(2-13(36)21(12)41)30(47)55-28-27-18(53-34(51)29(28)56-31(48)9-3-14(37)22(42)15(38)4-9)7-52-32(49)10-5-16(39)23(43)25(45)19(10)20-11(33(50)54-27)6-17(40)24(44)26(20)46;14-3-7-9(18)10(19)11(20)13(22-7)23-12(21)4-1-5(15)8(17)6(16)2-4/h1-6,18,27,35-46H,7H2;1-2,7,9-11,13-20H,3H2/t;7?,9-,10+,11?,13+/m.1/s1. The Balaban J connectivity index is 0.000000327. The summed E-state index contributed by atoms with van der Waals surface area (Å²) in [6, 6.07) is 4.76. The summed E-state index contributed by atoms with van der Waals surface area (Å²) < 4.78 is 36.0.